The fraction of sp³-hybridized carbons (Fsp3) is 0.444. The summed E-state index contributed by atoms with van der Waals surface area (Å²) in [5.74, 6) is 2.51. The summed E-state index contributed by atoms with van der Waals surface area (Å²) in [5, 5.41) is 3.32. The molecule has 2 aromatic rings. The van der Waals surface area contributed by atoms with Gasteiger partial charge in [-0.05, 0) is 61.9 Å². The van der Waals surface area contributed by atoms with E-state index in [0.717, 1.165) is 30.5 Å². The molecule has 4 heteroatoms. The number of nitrogens with one attached hydrogen (secondary N) is 1. The van der Waals surface area contributed by atoms with Gasteiger partial charge in [0, 0.05) is 25.0 Å². The van der Waals surface area contributed by atoms with E-state index in [4.69, 9.17) is 0 Å². The molecule has 4 nitrogen and oxygen atoms in total. The maximum absolute atomic E-state index is 4.68. The van der Waals surface area contributed by atoms with Crippen molar-refractivity contribution in [3.05, 3.63) is 41.6 Å². The van der Waals surface area contributed by atoms with Gasteiger partial charge >= 0.3 is 0 Å². The summed E-state index contributed by atoms with van der Waals surface area (Å²) < 4.78 is 0. The summed E-state index contributed by atoms with van der Waals surface area (Å²) >= 11 is 0. The molecule has 22 heavy (non-hydrogen) atoms. The van der Waals surface area contributed by atoms with E-state index in [0.29, 0.717) is 5.95 Å². The number of benzene rings is 1. The summed E-state index contributed by atoms with van der Waals surface area (Å²) in [5.41, 5.74) is 3.52. The Labute approximate surface area is 132 Å². The summed E-state index contributed by atoms with van der Waals surface area (Å²) in [6, 6.07) is 8.40. The third kappa shape index (κ3) is 3.56. The van der Waals surface area contributed by atoms with Gasteiger partial charge in [-0.25, -0.2) is 4.98 Å². The molecule has 1 saturated heterocycles. The minimum Gasteiger partial charge on any atom is -0.356 e. The topological polar surface area (TPSA) is 41.1 Å². The fourth-order valence-corrected chi connectivity index (χ4v) is 3.00. The molecule has 2 heterocycles. The SMILES string of the molecule is Cc1cc(C)cc(Nc2nccc(N3CCC(C)CC3)n2)c1. The normalized spacial score (nSPS) is 15.9. The van der Waals surface area contributed by atoms with Gasteiger partial charge in [0.2, 0.25) is 5.95 Å². The van der Waals surface area contributed by atoms with Gasteiger partial charge in [0.1, 0.15) is 5.82 Å². The maximum Gasteiger partial charge on any atom is 0.229 e. The Morgan fingerprint density at radius 2 is 1.77 bits per heavy atom. The van der Waals surface area contributed by atoms with Gasteiger partial charge in [-0.1, -0.05) is 13.0 Å². The number of anilines is 3. The number of piperidine rings is 1. The van der Waals surface area contributed by atoms with Gasteiger partial charge < -0.3 is 10.2 Å². The van der Waals surface area contributed by atoms with Crippen molar-refractivity contribution in [2.24, 2.45) is 5.92 Å². The second-order valence-corrected chi connectivity index (χ2v) is 6.41. The first-order chi connectivity index (χ1) is 10.6. The molecule has 0 spiro atoms. The Bertz CT molecular complexity index is 625. The summed E-state index contributed by atoms with van der Waals surface area (Å²) in [7, 11) is 0. The molecule has 1 aromatic carbocycles. The van der Waals surface area contributed by atoms with Crippen LogP contribution >= 0.6 is 0 Å². The molecule has 1 N–H and O–H groups in total. The number of aromatic nitrogens is 2. The standard InChI is InChI=1S/C18H24N4/c1-13-5-8-22(9-6-13)17-4-7-19-18(21-17)20-16-11-14(2)10-15(3)12-16/h4,7,10-13H,5-6,8-9H2,1-3H3,(H,19,20,21). The van der Waals surface area contributed by atoms with Crippen LogP contribution in [-0.2, 0) is 0 Å². The van der Waals surface area contributed by atoms with Crippen molar-refractivity contribution in [2.45, 2.75) is 33.6 Å². The summed E-state index contributed by atoms with van der Waals surface area (Å²) in [6.45, 7) is 8.70. The highest BCUT2D eigenvalue weighted by atomic mass is 15.2. The second-order valence-electron chi connectivity index (χ2n) is 6.41. The predicted octanol–water partition coefficient (Wildman–Crippen LogP) is 4.07. The summed E-state index contributed by atoms with van der Waals surface area (Å²) in [4.78, 5) is 11.4. The predicted molar refractivity (Wildman–Crippen MR) is 91.8 cm³/mol. The Kier molecular flexibility index (Phi) is 4.27. The zero-order valence-corrected chi connectivity index (χ0v) is 13.6. The zero-order valence-electron chi connectivity index (χ0n) is 13.6. The molecule has 0 bridgehead atoms. The molecule has 0 unspecified atom stereocenters. The number of aryl methyl sites for hydroxylation is 2. The van der Waals surface area contributed by atoms with Gasteiger partial charge in [-0.3, -0.25) is 0 Å². The lowest BCUT2D eigenvalue weighted by molar-refractivity contribution is 0.436. The molecule has 0 aliphatic carbocycles. The molecule has 1 aliphatic rings. The van der Waals surface area contributed by atoms with E-state index in [9.17, 15) is 0 Å². The molecule has 0 radical (unpaired) electrons. The third-order valence-electron chi connectivity index (χ3n) is 4.23. The zero-order chi connectivity index (χ0) is 15.5. The Morgan fingerprint density at radius 1 is 1.09 bits per heavy atom. The first kappa shape index (κ1) is 14.8. The van der Waals surface area contributed by atoms with E-state index in [2.05, 4.69) is 59.2 Å². The van der Waals surface area contributed by atoms with Crippen LogP contribution in [0.1, 0.15) is 30.9 Å². The van der Waals surface area contributed by atoms with Crippen molar-refractivity contribution < 1.29 is 0 Å². The van der Waals surface area contributed by atoms with Crippen LogP contribution in [0, 0.1) is 19.8 Å². The fourth-order valence-electron chi connectivity index (χ4n) is 3.00. The van der Waals surface area contributed by atoms with Crippen LogP contribution in [0.5, 0.6) is 0 Å². The monoisotopic (exact) mass is 296 g/mol. The van der Waals surface area contributed by atoms with E-state index in [1.807, 2.05) is 12.3 Å². The van der Waals surface area contributed by atoms with Gasteiger partial charge in [0.25, 0.3) is 0 Å². The molecule has 0 atom stereocenters. The van der Waals surface area contributed by atoms with Crippen LogP contribution in [0.15, 0.2) is 30.5 Å². The Hall–Kier alpha value is -2.10. The average Bonchev–Trinajstić information content (AvgIpc) is 2.47. The van der Waals surface area contributed by atoms with E-state index in [-0.39, 0.29) is 0 Å². The van der Waals surface area contributed by atoms with E-state index >= 15 is 0 Å². The molecule has 0 amide bonds. The number of rotatable bonds is 3. The molecule has 3 rings (SSSR count). The van der Waals surface area contributed by atoms with Crippen LogP contribution in [0.25, 0.3) is 0 Å². The van der Waals surface area contributed by atoms with Crippen LogP contribution in [0.2, 0.25) is 0 Å². The average molecular weight is 296 g/mol. The van der Waals surface area contributed by atoms with Crippen molar-refractivity contribution in [1.29, 1.82) is 0 Å². The van der Waals surface area contributed by atoms with Crippen molar-refractivity contribution in [1.82, 2.24) is 9.97 Å². The smallest absolute Gasteiger partial charge is 0.229 e. The molecule has 116 valence electrons. The molecule has 1 aliphatic heterocycles. The highest BCUT2D eigenvalue weighted by Crippen LogP contribution is 2.23. The van der Waals surface area contributed by atoms with Crippen molar-refractivity contribution in [3.63, 3.8) is 0 Å². The lowest BCUT2D eigenvalue weighted by atomic mass is 9.99. The Balaban J connectivity index is 1.76. The lowest BCUT2D eigenvalue weighted by Crippen LogP contribution is -2.33. The van der Waals surface area contributed by atoms with Crippen LogP contribution in [0.4, 0.5) is 17.5 Å². The third-order valence-corrected chi connectivity index (χ3v) is 4.23. The van der Waals surface area contributed by atoms with Crippen LogP contribution < -0.4 is 10.2 Å². The quantitative estimate of drug-likeness (QED) is 0.927. The van der Waals surface area contributed by atoms with Crippen molar-refractivity contribution in [3.8, 4) is 0 Å². The lowest BCUT2D eigenvalue weighted by Gasteiger charge is -2.31. The first-order valence-corrected chi connectivity index (χ1v) is 8.03. The number of hydrogen-bond acceptors (Lipinski definition) is 4. The number of hydrogen-bond donors (Lipinski definition) is 1. The molecule has 1 fully saturated rings. The minimum absolute atomic E-state index is 0.668. The first-order valence-electron chi connectivity index (χ1n) is 8.03. The van der Waals surface area contributed by atoms with E-state index in [1.54, 1.807) is 0 Å². The largest absolute Gasteiger partial charge is 0.356 e. The van der Waals surface area contributed by atoms with Crippen LogP contribution in [-0.4, -0.2) is 23.1 Å². The van der Waals surface area contributed by atoms with Gasteiger partial charge in [0.15, 0.2) is 0 Å². The molecule has 0 saturated carbocycles. The van der Waals surface area contributed by atoms with Crippen molar-refractivity contribution in [2.75, 3.05) is 23.3 Å². The van der Waals surface area contributed by atoms with E-state index in [1.165, 1.54) is 24.0 Å². The maximum atomic E-state index is 4.68. The highest BCUT2D eigenvalue weighted by molar-refractivity contribution is 5.57. The van der Waals surface area contributed by atoms with Crippen molar-refractivity contribution >= 4 is 17.5 Å². The van der Waals surface area contributed by atoms with Crippen LogP contribution in [0.3, 0.4) is 0 Å². The molecular weight excluding hydrogens is 272 g/mol. The van der Waals surface area contributed by atoms with Gasteiger partial charge in [-0.2, -0.15) is 4.98 Å². The Morgan fingerprint density at radius 3 is 2.45 bits per heavy atom. The molecular formula is C18H24N4. The van der Waals surface area contributed by atoms with Gasteiger partial charge in [-0.15, -0.1) is 0 Å². The second kappa shape index (κ2) is 6.34. The van der Waals surface area contributed by atoms with E-state index < -0.39 is 0 Å². The number of nitrogens with zero attached hydrogens (tertiary/aromatic N) is 3. The minimum atomic E-state index is 0.668. The molecule has 1 aromatic heterocycles. The van der Waals surface area contributed by atoms with Gasteiger partial charge in [0.05, 0.1) is 0 Å². The highest BCUT2D eigenvalue weighted by Gasteiger charge is 2.17. The summed E-state index contributed by atoms with van der Waals surface area (Å²) in [6.07, 6.45) is 4.32.